The Labute approximate surface area is 125 Å². The van der Waals surface area contributed by atoms with Gasteiger partial charge >= 0.3 is 0 Å². The number of pyridine rings is 1. The van der Waals surface area contributed by atoms with Crippen LogP contribution in [0.25, 0.3) is 0 Å². The zero-order valence-corrected chi connectivity index (χ0v) is 12.7. The van der Waals surface area contributed by atoms with Gasteiger partial charge in [-0.05, 0) is 43.1 Å². The molecule has 1 aromatic heterocycles. The number of rotatable bonds is 6. The van der Waals surface area contributed by atoms with Crippen molar-refractivity contribution in [1.29, 1.82) is 0 Å². The maximum absolute atomic E-state index is 13.9. The summed E-state index contributed by atoms with van der Waals surface area (Å²) in [6.45, 7) is 4.70. The first kappa shape index (κ1) is 15.4. The summed E-state index contributed by atoms with van der Waals surface area (Å²) in [5, 5.41) is 3.45. The fraction of sp³-hybridized carbons (Fsp3) is 0.353. The molecule has 2 rings (SSSR count). The number of nitrogens with zero attached hydrogens (tertiary/aromatic N) is 1. The van der Waals surface area contributed by atoms with E-state index in [2.05, 4.69) is 17.2 Å². The second-order valence-electron chi connectivity index (χ2n) is 5.01. The van der Waals surface area contributed by atoms with E-state index in [1.807, 2.05) is 12.1 Å². The van der Waals surface area contributed by atoms with Gasteiger partial charge in [0.2, 0.25) is 0 Å². The zero-order valence-electron chi connectivity index (χ0n) is 12.7. The van der Waals surface area contributed by atoms with E-state index in [4.69, 9.17) is 4.74 Å². The Morgan fingerprint density at radius 1 is 1.33 bits per heavy atom. The molecule has 1 heterocycles. The van der Waals surface area contributed by atoms with Crippen molar-refractivity contribution >= 4 is 0 Å². The SMILES string of the molecule is CCCNC(c1ccc(C)c(F)c1)c1ccncc1OC. The third kappa shape index (κ3) is 3.58. The predicted molar refractivity (Wildman–Crippen MR) is 82.1 cm³/mol. The quantitative estimate of drug-likeness (QED) is 0.881. The van der Waals surface area contributed by atoms with E-state index in [1.54, 1.807) is 38.6 Å². The number of halogens is 1. The molecule has 0 aliphatic heterocycles. The average Bonchev–Trinajstić information content (AvgIpc) is 2.51. The molecule has 112 valence electrons. The van der Waals surface area contributed by atoms with E-state index in [0.29, 0.717) is 11.3 Å². The summed E-state index contributed by atoms with van der Waals surface area (Å²) in [6.07, 6.45) is 4.40. The molecule has 0 aliphatic carbocycles. The molecule has 3 nitrogen and oxygen atoms in total. The maximum Gasteiger partial charge on any atom is 0.142 e. The number of hydrogen-bond donors (Lipinski definition) is 1. The van der Waals surface area contributed by atoms with Gasteiger partial charge in [-0.15, -0.1) is 0 Å². The van der Waals surface area contributed by atoms with Crippen molar-refractivity contribution in [2.45, 2.75) is 26.3 Å². The van der Waals surface area contributed by atoms with Crippen LogP contribution in [0.15, 0.2) is 36.7 Å². The first-order valence-electron chi connectivity index (χ1n) is 7.14. The van der Waals surface area contributed by atoms with Crippen LogP contribution in [0.1, 0.15) is 36.1 Å². The molecule has 1 aromatic carbocycles. The normalized spacial score (nSPS) is 12.2. The number of benzene rings is 1. The molecular weight excluding hydrogens is 267 g/mol. The molecule has 0 saturated heterocycles. The van der Waals surface area contributed by atoms with Gasteiger partial charge in [0.05, 0.1) is 19.3 Å². The van der Waals surface area contributed by atoms with Gasteiger partial charge in [0.25, 0.3) is 0 Å². The Morgan fingerprint density at radius 2 is 2.14 bits per heavy atom. The third-order valence-electron chi connectivity index (χ3n) is 3.48. The molecule has 1 unspecified atom stereocenters. The Bertz CT molecular complexity index is 601. The Hall–Kier alpha value is -1.94. The smallest absolute Gasteiger partial charge is 0.142 e. The van der Waals surface area contributed by atoms with E-state index in [9.17, 15) is 4.39 Å². The monoisotopic (exact) mass is 288 g/mol. The van der Waals surface area contributed by atoms with E-state index in [1.165, 1.54) is 0 Å². The number of aromatic nitrogens is 1. The lowest BCUT2D eigenvalue weighted by Crippen LogP contribution is -2.24. The highest BCUT2D eigenvalue weighted by molar-refractivity contribution is 5.40. The first-order chi connectivity index (χ1) is 10.2. The van der Waals surface area contributed by atoms with Crippen LogP contribution >= 0.6 is 0 Å². The molecule has 0 aliphatic rings. The minimum atomic E-state index is -0.191. The van der Waals surface area contributed by atoms with Crippen LogP contribution in [-0.4, -0.2) is 18.6 Å². The maximum atomic E-state index is 13.9. The summed E-state index contributed by atoms with van der Waals surface area (Å²) in [5.74, 6) is 0.510. The molecule has 1 atom stereocenters. The van der Waals surface area contributed by atoms with Gasteiger partial charge in [-0.3, -0.25) is 4.98 Å². The fourth-order valence-electron chi connectivity index (χ4n) is 2.28. The van der Waals surface area contributed by atoms with Crippen LogP contribution in [0, 0.1) is 12.7 Å². The average molecular weight is 288 g/mol. The fourth-order valence-corrected chi connectivity index (χ4v) is 2.28. The Kier molecular flexibility index (Phi) is 5.28. The highest BCUT2D eigenvalue weighted by Gasteiger charge is 2.18. The summed E-state index contributed by atoms with van der Waals surface area (Å²) in [4.78, 5) is 4.08. The molecule has 0 bridgehead atoms. The molecule has 0 amide bonds. The number of ether oxygens (including phenoxy) is 1. The summed E-state index contributed by atoms with van der Waals surface area (Å²) in [7, 11) is 1.62. The van der Waals surface area contributed by atoms with E-state index in [0.717, 1.165) is 24.1 Å². The number of hydrogen-bond acceptors (Lipinski definition) is 3. The molecule has 0 saturated carbocycles. The van der Waals surface area contributed by atoms with Gasteiger partial charge in [-0.1, -0.05) is 19.1 Å². The summed E-state index contributed by atoms with van der Waals surface area (Å²) >= 11 is 0. The van der Waals surface area contributed by atoms with Crippen molar-refractivity contribution in [1.82, 2.24) is 10.3 Å². The molecule has 1 N–H and O–H groups in total. The molecule has 2 aromatic rings. The van der Waals surface area contributed by atoms with Crippen molar-refractivity contribution in [3.63, 3.8) is 0 Å². The van der Waals surface area contributed by atoms with Crippen LogP contribution in [-0.2, 0) is 0 Å². The van der Waals surface area contributed by atoms with Crippen molar-refractivity contribution in [3.05, 3.63) is 59.2 Å². The van der Waals surface area contributed by atoms with Crippen molar-refractivity contribution < 1.29 is 9.13 Å². The highest BCUT2D eigenvalue weighted by atomic mass is 19.1. The Balaban J connectivity index is 2.44. The molecule has 4 heteroatoms. The molecule has 0 spiro atoms. The van der Waals surface area contributed by atoms with Crippen LogP contribution in [0.4, 0.5) is 4.39 Å². The van der Waals surface area contributed by atoms with Crippen molar-refractivity contribution in [2.24, 2.45) is 0 Å². The lowest BCUT2D eigenvalue weighted by molar-refractivity contribution is 0.401. The number of nitrogens with one attached hydrogen (secondary N) is 1. The van der Waals surface area contributed by atoms with Crippen molar-refractivity contribution in [2.75, 3.05) is 13.7 Å². The molecular formula is C17H21FN2O. The molecule has 0 fully saturated rings. The highest BCUT2D eigenvalue weighted by Crippen LogP contribution is 2.30. The van der Waals surface area contributed by atoms with E-state index >= 15 is 0 Å². The van der Waals surface area contributed by atoms with Crippen LogP contribution in [0.5, 0.6) is 5.75 Å². The van der Waals surface area contributed by atoms with Gasteiger partial charge in [-0.2, -0.15) is 0 Å². The minimum absolute atomic E-state index is 0.113. The van der Waals surface area contributed by atoms with Crippen LogP contribution in [0.3, 0.4) is 0 Å². The second-order valence-corrected chi connectivity index (χ2v) is 5.01. The molecule has 0 radical (unpaired) electrons. The van der Waals surface area contributed by atoms with Crippen LogP contribution < -0.4 is 10.1 Å². The second kappa shape index (κ2) is 7.18. The van der Waals surface area contributed by atoms with Crippen LogP contribution in [0.2, 0.25) is 0 Å². The van der Waals surface area contributed by atoms with Gasteiger partial charge in [0.15, 0.2) is 0 Å². The largest absolute Gasteiger partial charge is 0.495 e. The summed E-state index contributed by atoms with van der Waals surface area (Å²) < 4.78 is 19.3. The van der Waals surface area contributed by atoms with Gasteiger partial charge < -0.3 is 10.1 Å². The Morgan fingerprint density at radius 3 is 2.81 bits per heavy atom. The number of methoxy groups -OCH3 is 1. The number of aryl methyl sites for hydroxylation is 1. The first-order valence-corrected chi connectivity index (χ1v) is 7.14. The molecule has 21 heavy (non-hydrogen) atoms. The van der Waals surface area contributed by atoms with Crippen molar-refractivity contribution in [3.8, 4) is 5.75 Å². The van der Waals surface area contributed by atoms with E-state index < -0.39 is 0 Å². The van der Waals surface area contributed by atoms with Gasteiger partial charge in [0.1, 0.15) is 11.6 Å². The van der Waals surface area contributed by atoms with Gasteiger partial charge in [0, 0.05) is 11.8 Å². The third-order valence-corrected chi connectivity index (χ3v) is 3.48. The summed E-state index contributed by atoms with van der Waals surface area (Å²) in [6, 6.07) is 7.13. The zero-order chi connectivity index (χ0) is 15.2. The van der Waals surface area contributed by atoms with E-state index in [-0.39, 0.29) is 11.9 Å². The topological polar surface area (TPSA) is 34.2 Å². The lowest BCUT2D eigenvalue weighted by Gasteiger charge is -2.21. The predicted octanol–water partition coefficient (Wildman–Crippen LogP) is 3.63. The lowest BCUT2D eigenvalue weighted by atomic mass is 9.97. The van der Waals surface area contributed by atoms with Gasteiger partial charge in [-0.25, -0.2) is 4.39 Å². The summed E-state index contributed by atoms with van der Waals surface area (Å²) in [5.41, 5.74) is 2.50. The minimum Gasteiger partial charge on any atom is -0.495 e. The standard InChI is InChI=1S/C17H21FN2O/c1-4-8-20-17(13-6-5-12(2)15(18)10-13)14-7-9-19-11-16(14)21-3/h5-7,9-11,17,20H,4,8H2,1-3H3.